The lowest BCUT2D eigenvalue weighted by Gasteiger charge is -2.17. The molecule has 2 aromatic rings. The zero-order valence-electron chi connectivity index (χ0n) is 14.9. The number of nitrogens with one attached hydrogen (secondary N) is 3. The zero-order valence-corrected chi connectivity index (χ0v) is 14.9. The van der Waals surface area contributed by atoms with Crippen molar-refractivity contribution < 1.29 is 14.4 Å². The number of hydrogen-bond donors (Lipinski definition) is 3. The summed E-state index contributed by atoms with van der Waals surface area (Å²) in [6.07, 6.45) is 3.01. The number of hydrogen-bond acceptors (Lipinski definition) is 3. The highest BCUT2D eigenvalue weighted by Gasteiger charge is 2.29. The molecule has 3 N–H and O–H groups in total. The van der Waals surface area contributed by atoms with E-state index in [1.165, 1.54) is 0 Å². The molecule has 0 aromatic heterocycles. The van der Waals surface area contributed by atoms with E-state index in [-0.39, 0.29) is 23.6 Å². The molecule has 1 fully saturated rings. The summed E-state index contributed by atoms with van der Waals surface area (Å²) in [6.45, 7) is 0.375. The van der Waals surface area contributed by atoms with E-state index in [9.17, 15) is 14.4 Å². The third-order valence-corrected chi connectivity index (χ3v) is 4.86. The van der Waals surface area contributed by atoms with Crippen LogP contribution >= 0.6 is 0 Å². The summed E-state index contributed by atoms with van der Waals surface area (Å²) < 4.78 is 0. The van der Waals surface area contributed by atoms with E-state index >= 15 is 0 Å². The zero-order chi connectivity index (χ0) is 18.8. The molecule has 1 aliphatic heterocycles. The molecule has 6 nitrogen and oxygen atoms in total. The summed E-state index contributed by atoms with van der Waals surface area (Å²) >= 11 is 0. The van der Waals surface area contributed by atoms with Crippen LogP contribution in [0.5, 0.6) is 0 Å². The van der Waals surface area contributed by atoms with Gasteiger partial charge in [0.2, 0.25) is 11.8 Å². The van der Waals surface area contributed by atoms with Crippen molar-refractivity contribution >= 4 is 29.1 Å². The molecule has 0 unspecified atom stereocenters. The van der Waals surface area contributed by atoms with Crippen molar-refractivity contribution in [2.45, 2.75) is 32.2 Å². The Hall–Kier alpha value is -3.15. The molecule has 27 heavy (non-hydrogen) atoms. The van der Waals surface area contributed by atoms with Gasteiger partial charge in [0.1, 0.15) is 0 Å². The molecule has 2 aliphatic rings. The van der Waals surface area contributed by atoms with Gasteiger partial charge in [-0.3, -0.25) is 14.4 Å². The molecule has 0 spiro atoms. The predicted octanol–water partition coefficient (Wildman–Crippen LogP) is 2.85. The average Bonchev–Trinajstić information content (AvgIpc) is 3.51. The number of benzene rings is 2. The fraction of sp³-hybridized carbons (Fsp3) is 0.286. The number of carbonyl (C=O) groups excluding carboxylic acids is 3. The molecule has 1 heterocycles. The quantitative estimate of drug-likeness (QED) is 0.763. The maximum atomic E-state index is 12.5. The fourth-order valence-electron chi connectivity index (χ4n) is 3.16. The Morgan fingerprint density at radius 2 is 1.93 bits per heavy atom. The molecule has 1 saturated carbocycles. The highest BCUT2D eigenvalue weighted by molar-refractivity contribution is 5.98. The van der Waals surface area contributed by atoms with E-state index in [2.05, 4.69) is 16.0 Å². The highest BCUT2D eigenvalue weighted by atomic mass is 16.2. The lowest BCUT2D eigenvalue weighted by molar-refractivity contribution is -0.117. The van der Waals surface area contributed by atoms with Crippen molar-refractivity contribution in [3.05, 3.63) is 59.2 Å². The van der Waals surface area contributed by atoms with Gasteiger partial charge in [0, 0.05) is 35.8 Å². The smallest absolute Gasteiger partial charge is 0.251 e. The Bertz CT molecular complexity index is 919. The van der Waals surface area contributed by atoms with Gasteiger partial charge in [-0.25, -0.2) is 0 Å². The molecular formula is C21H21N3O3. The number of aryl methyl sites for hydroxylation is 1. The maximum Gasteiger partial charge on any atom is 0.251 e. The Balaban J connectivity index is 1.37. The minimum absolute atomic E-state index is 0.00774. The van der Waals surface area contributed by atoms with Gasteiger partial charge in [-0.2, -0.15) is 0 Å². The van der Waals surface area contributed by atoms with Gasteiger partial charge in [0.25, 0.3) is 5.91 Å². The molecule has 0 saturated heterocycles. The van der Waals surface area contributed by atoms with Crippen LogP contribution in [0.15, 0.2) is 42.5 Å². The minimum Gasteiger partial charge on any atom is -0.348 e. The summed E-state index contributed by atoms with van der Waals surface area (Å²) in [7, 11) is 0. The van der Waals surface area contributed by atoms with Crippen LogP contribution in [0.1, 0.15) is 40.7 Å². The first-order valence-corrected chi connectivity index (χ1v) is 9.19. The van der Waals surface area contributed by atoms with Gasteiger partial charge in [-0.1, -0.05) is 12.1 Å². The first kappa shape index (κ1) is 17.3. The fourth-order valence-corrected chi connectivity index (χ4v) is 3.16. The van der Waals surface area contributed by atoms with Gasteiger partial charge >= 0.3 is 0 Å². The lowest BCUT2D eigenvalue weighted by atomic mass is 10.00. The van der Waals surface area contributed by atoms with Crippen molar-refractivity contribution in [1.82, 2.24) is 5.32 Å². The second kappa shape index (κ2) is 7.23. The molecule has 2 aromatic carbocycles. The molecule has 6 heteroatoms. The highest BCUT2D eigenvalue weighted by Crippen LogP contribution is 2.30. The monoisotopic (exact) mass is 363 g/mol. The van der Waals surface area contributed by atoms with E-state index in [4.69, 9.17) is 0 Å². The van der Waals surface area contributed by atoms with E-state index in [1.54, 1.807) is 12.1 Å². The van der Waals surface area contributed by atoms with Gasteiger partial charge < -0.3 is 16.0 Å². The van der Waals surface area contributed by atoms with Crippen LogP contribution in [-0.2, 0) is 22.6 Å². The molecule has 138 valence electrons. The molecule has 1 aliphatic carbocycles. The van der Waals surface area contributed by atoms with Crippen LogP contribution in [0.2, 0.25) is 0 Å². The van der Waals surface area contributed by atoms with Crippen LogP contribution in [0.25, 0.3) is 0 Å². The van der Waals surface area contributed by atoms with E-state index in [1.807, 2.05) is 30.3 Å². The summed E-state index contributed by atoms with van der Waals surface area (Å²) in [4.78, 5) is 35.8. The number of rotatable bonds is 5. The third-order valence-electron chi connectivity index (χ3n) is 4.86. The van der Waals surface area contributed by atoms with Gasteiger partial charge in [-0.05, 0) is 60.7 Å². The van der Waals surface area contributed by atoms with Crippen molar-refractivity contribution in [1.29, 1.82) is 0 Å². The van der Waals surface area contributed by atoms with Gasteiger partial charge in [-0.15, -0.1) is 0 Å². The van der Waals surface area contributed by atoms with Crippen LogP contribution in [0.3, 0.4) is 0 Å². The summed E-state index contributed by atoms with van der Waals surface area (Å²) in [5.41, 5.74) is 4.00. The van der Waals surface area contributed by atoms with Crippen LogP contribution in [-0.4, -0.2) is 17.7 Å². The van der Waals surface area contributed by atoms with Crippen LogP contribution in [0, 0.1) is 5.92 Å². The van der Waals surface area contributed by atoms with Crippen LogP contribution < -0.4 is 16.0 Å². The Kier molecular flexibility index (Phi) is 4.62. The molecular weight excluding hydrogens is 342 g/mol. The SMILES string of the molecule is O=C1CCc2cc(C(=O)NCc3cccc(NC(=O)C4CC4)c3)ccc2N1. The number of anilines is 2. The van der Waals surface area contributed by atoms with Crippen LogP contribution in [0.4, 0.5) is 11.4 Å². The molecule has 3 amide bonds. The summed E-state index contributed by atoms with van der Waals surface area (Å²) in [5, 5.41) is 8.64. The second-order valence-corrected chi connectivity index (χ2v) is 7.07. The Morgan fingerprint density at radius 1 is 1.07 bits per heavy atom. The van der Waals surface area contributed by atoms with Crippen molar-refractivity contribution in [3.63, 3.8) is 0 Å². The number of carbonyl (C=O) groups is 3. The van der Waals surface area contributed by atoms with Crippen molar-refractivity contribution in [2.24, 2.45) is 5.92 Å². The molecule has 0 bridgehead atoms. The van der Waals surface area contributed by atoms with E-state index in [0.717, 1.165) is 35.3 Å². The Labute approximate surface area is 157 Å². The largest absolute Gasteiger partial charge is 0.348 e. The minimum atomic E-state index is -0.165. The standard InChI is InChI=1S/C21H21N3O3/c25-19-9-7-15-11-16(6-8-18(15)24-19)20(26)22-12-13-2-1-3-17(10-13)23-21(27)14-4-5-14/h1-3,6,8,10-11,14H,4-5,7,9,12H2,(H,22,26)(H,23,27)(H,24,25). The normalized spacial score (nSPS) is 15.5. The van der Waals surface area contributed by atoms with Gasteiger partial charge in [0.05, 0.1) is 0 Å². The average molecular weight is 363 g/mol. The predicted molar refractivity (Wildman–Crippen MR) is 102 cm³/mol. The summed E-state index contributed by atoms with van der Waals surface area (Å²) in [6, 6.07) is 12.8. The number of amides is 3. The number of fused-ring (bicyclic) bond motifs is 1. The topological polar surface area (TPSA) is 87.3 Å². The molecule has 0 atom stereocenters. The van der Waals surface area contributed by atoms with Gasteiger partial charge in [0.15, 0.2) is 0 Å². The summed E-state index contributed by atoms with van der Waals surface area (Å²) in [5.74, 6) is 0.0648. The van der Waals surface area contributed by atoms with E-state index < -0.39 is 0 Å². The van der Waals surface area contributed by atoms with E-state index in [0.29, 0.717) is 24.9 Å². The van der Waals surface area contributed by atoms with Crippen molar-refractivity contribution in [3.8, 4) is 0 Å². The molecule has 4 rings (SSSR count). The van der Waals surface area contributed by atoms with Crippen molar-refractivity contribution in [2.75, 3.05) is 10.6 Å². The maximum absolute atomic E-state index is 12.5. The third kappa shape index (κ3) is 4.16. The lowest BCUT2D eigenvalue weighted by Crippen LogP contribution is -2.24. The second-order valence-electron chi connectivity index (χ2n) is 7.07. The Morgan fingerprint density at radius 3 is 2.74 bits per heavy atom. The molecule has 0 radical (unpaired) electrons. The first-order valence-electron chi connectivity index (χ1n) is 9.19. The first-order chi connectivity index (χ1) is 13.1.